The van der Waals surface area contributed by atoms with Gasteiger partial charge in [-0.15, -0.1) is 0 Å². The first-order valence-electron chi connectivity index (χ1n) is 17.1. The monoisotopic (exact) mass is 650 g/mol. The Hall–Kier alpha value is -4.28. The van der Waals surface area contributed by atoms with Crippen molar-refractivity contribution >= 4 is 47.3 Å². The standard InChI is InChI=1S/C38H43BN2O7/c1-23(2)28-21-29-36(38(46)41(37(29)45)19-9-3-4-13-34(43)44)30-22-39(47)48-33(35(28)30)17-15-25(31-12-7-8-18-40-31)20-24-14-16-32(42)27-11-6-5-10-26(24)27/h5-8,10-12,14,16,18,20,23,29-30,33,36,42,47H,3-4,9,13,15,17,19,21-22H2,1-2H3,(H,43,44)/b25-20-/t29-,30+,33-,36-/m1/s1. The lowest BCUT2D eigenvalue weighted by Crippen LogP contribution is -2.46. The number of benzene rings is 2. The summed E-state index contributed by atoms with van der Waals surface area (Å²) in [6.45, 7) is 4.51. The molecule has 3 aliphatic rings. The number of phenols is 1. The van der Waals surface area contributed by atoms with Crippen molar-refractivity contribution in [1.82, 2.24) is 9.88 Å². The highest BCUT2D eigenvalue weighted by molar-refractivity contribution is 6.43. The molecule has 4 atom stereocenters. The van der Waals surface area contributed by atoms with Crippen molar-refractivity contribution in [3.05, 3.63) is 83.2 Å². The van der Waals surface area contributed by atoms with Gasteiger partial charge in [0.2, 0.25) is 11.8 Å². The summed E-state index contributed by atoms with van der Waals surface area (Å²) in [6, 6.07) is 17.1. The summed E-state index contributed by atoms with van der Waals surface area (Å²) < 4.78 is 6.27. The van der Waals surface area contributed by atoms with Crippen LogP contribution in [0.5, 0.6) is 5.75 Å². The van der Waals surface area contributed by atoms with Gasteiger partial charge in [-0.05, 0) is 96.6 Å². The molecule has 1 aliphatic carbocycles. The molecule has 0 unspecified atom stereocenters. The number of allylic oxidation sites excluding steroid dienone is 2. The Morgan fingerprint density at radius 3 is 2.50 bits per heavy atom. The number of aromatic hydroxyl groups is 1. The molecular weight excluding hydrogens is 607 g/mol. The molecule has 0 spiro atoms. The Kier molecular flexibility index (Phi) is 10.1. The molecule has 0 bridgehead atoms. The van der Waals surface area contributed by atoms with E-state index in [2.05, 4.69) is 24.9 Å². The first kappa shape index (κ1) is 33.6. The number of carbonyl (C=O) groups excluding carboxylic acids is 2. The number of likely N-dealkylation sites (tertiary alicyclic amines) is 1. The molecule has 2 aromatic carbocycles. The number of carboxylic acid groups (broad SMARTS) is 1. The maximum absolute atomic E-state index is 13.9. The van der Waals surface area contributed by atoms with Crippen LogP contribution in [0, 0.1) is 23.7 Å². The van der Waals surface area contributed by atoms with Crippen LogP contribution >= 0.6 is 0 Å². The Morgan fingerprint density at radius 1 is 1.00 bits per heavy atom. The van der Waals surface area contributed by atoms with Gasteiger partial charge < -0.3 is 19.9 Å². The number of rotatable bonds is 12. The van der Waals surface area contributed by atoms with Crippen LogP contribution in [0.15, 0.2) is 71.9 Å². The van der Waals surface area contributed by atoms with Gasteiger partial charge in [0, 0.05) is 24.5 Å². The van der Waals surface area contributed by atoms with E-state index >= 15 is 0 Å². The number of aliphatic carboxylic acids is 1. The number of aromatic nitrogens is 1. The third-order valence-corrected chi connectivity index (χ3v) is 10.2. The molecule has 1 aromatic heterocycles. The number of fused-ring (bicyclic) bond motifs is 4. The highest BCUT2D eigenvalue weighted by Crippen LogP contribution is 2.52. The third kappa shape index (κ3) is 6.82. The molecule has 9 nitrogen and oxygen atoms in total. The molecule has 3 heterocycles. The molecule has 2 fully saturated rings. The zero-order valence-corrected chi connectivity index (χ0v) is 27.5. The number of hydrogen-bond donors (Lipinski definition) is 3. The van der Waals surface area contributed by atoms with Gasteiger partial charge in [0.15, 0.2) is 0 Å². The summed E-state index contributed by atoms with van der Waals surface area (Å²) in [4.78, 5) is 44.5. The lowest BCUT2D eigenvalue weighted by atomic mass is 9.57. The Labute approximate surface area is 281 Å². The van der Waals surface area contributed by atoms with Crippen LogP contribution in [0.4, 0.5) is 0 Å². The number of pyridine rings is 1. The van der Waals surface area contributed by atoms with Crippen molar-refractivity contribution < 1.29 is 34.3 Å². The number of amides is 2. The van der Waals surface area contributed by atoms with E-state index in [0.717, 1.165) is 38.7 Å². The minimum Gasteiger partial charge on any atom is -0.507 e. The second kappa shape index (κ2) is 14.5. The largest absolute Gasteiger partial charge is 0.507 e. The van der Waals surface area contributed by atoms with E-state index in [-0.39, 0.29) is 48.7 Å². The molecule has 0 saturated carbocycles. The maximum atomic E-state index is 13.9. The van der Waals surface area contributed by atoms with E-state index in [1.54, 1.807) is 12.3 Å². The molecule has 2 aliphatic heterocycles. The van der Waals surface area contributed by atoms with E-state index in [4.69, 9.17) is 9.76 Å². The van der Waals surface area contributed by atoms with Gasteiger partial charge in [-0.3, -0.25) is 24.3 Å². The summed E-state index contributed by atoms with van der Waals surface area (Å²) in [7, 11) is -1.06. The fourth-order valence-corrected chi connectivity index (χ4v) is 7.99. The molecule has 2 amide bonds. The van der Waals surface area contributed by atoms with E-state index in [0.29, 0.717) is 38.5 Å². The van der Waals surface area contributed by atoms with Crippen LogP contribution in [-0.2, 0) is 19.0 Å². The summed E-state index contributed by atoms with van der Waals surface area (Å²) in [5.74, 6) is -2.13. The zero-order chi connectivity index (χ0) is 33.9. The first-order chi connectivity index (χ1) is 23.1. The van der Waals surface area contributed by atoms with E-state index in [1.165, 1.54) is 4.90 Å². The number of nitrogens with zero attached hydrogens (tertiary/aromatic N) is 2. The minimum atomic E-state index is -1.06. The molecule has 10 heteroatoms. The minimum absolute atomic E-state index is 0.0717. The number of unbranched alkanes of at least 4 members (excludes halogenated alkanes) is 2. The summed E-state index contributed by atoms with van der Waals surface area (Å²) >= 11 is 0. The number of imide groups is 1. The SMILES string of the molecule is CC(C)C1=C2[C@@H](CC/C(=C/c3ccc(O)c4ccccc34)c3ccccn3)OB(O)C[C@@H]2[C@@H]2C(=O)N(CCCCCC(=O)O)C(=O)[C@@H]2C1. The summed E-state index contributed by atoms with van der Waals surface area (Å²) in [5.41, 5.74) is 4.94. The second-order valence-corrected chi connectivity index (χ2v) is 13.6. The fraction of sp³-hybridized carbons (Fsp3) is 0.421. The van der Waals surface area contributed by atoms with Gasteiger partial charge in [0.05, 0.1) is 23.6 Å². The average Bonchev–Trinajstić information content (AvgIpc) is 3.31. The Balaban J connectivity index is 1.28. The van der Waals surface area contributed by atoms with E-state index < -0.39 is 31.0 Å². The molecule has 3 N–H and O–H groups in total. The van der Waals surface area contributed by atoms with Crippen LogP contribution in [0.3, 0.4) is 0 Å². The first-order valence-corrected chi connectivity index (χ1v) is 17.1. The van der Waals surface area contributed by atoms with Crippen LogP contribution in [-0.4, -0.2) is 62.7 Å². The molecule has 48 heavy (non-hydrogen) atoms. The lowest BCUT2D eigenvalue weighted by molar-refractivity contribution is -0.141. The smallest absolute Gasteiger partial charge is 0.455 e. The van der Waals surface area contributed by atoms with Crippen LogP contribution in [0.25, 0.3) is 22.4 Å². The van der Waals surface area contributed by atoms with Crippen molar-refractivity contribution in [1.29, 1.82) is 0 Å². The zero-order valence-electron chi connectivity index (χ0n) is 27.5. The third-order valence-electron chi connectivity index (χ3n) is 10.2. The predicted molar refractivity (Wildman–Crippen MR) is 184 cm³/mol. The fourth-order valence-electron chi connectivity index (χ4n) is 7.99. The molecular formula is C38H43BN2O7. The van der Waals surface area contributed by atoms with Crippen LogP contribution < -0.4 is 0 Å². The average molecular weight is 651 g/mol. The second-order valence-electron chi connectivity index (χ2n) is 13.6. The molecule has 6 rings (SSSR count). The summed E-state index contributed by atoms with van der Waals surface area (Å²) in [5, 5.41) is 32.1. The van der Waals surface area contributed by atoms with Gasteiger partial charge in [-0.25, -0.2) is 0 Å². The Morgan fingerprint density at radius 2 is 1.77 bits per heavy atom. The predicted octanol–water partition coefficient (Wildman–Crippen LogP) is 6.36. The Bertz CT molecular complexity index is 1750. The van der Waals surface area contributed by atoms with Crippen molar-refractivity contribution in [2.45, 2.75) is 71.2 Å². The van der Waals surface area contributed by atoms with Gasteiger partial charge in [0.25, 0.3) is 0 Å². The van der Waals surface area contributed by atoms with Crippen molar-refractivity contribution in [3.63, 3.8) is 0 Å². The van der Waals surface area contributed by atoms with Crippen molar-refractivity contribution in [2.24, 2.45) is 23.7 Å². The van der Waals surface area contributed by atoms with Gasteiger partial charge >= 0.3 is 13.1 Å². The molecule has 250 valence electrons. The molecule has 3 aromatic rings. The topological polar surface area (TPSA) is 137 Å². The number of carbonyl (C=O) groups is 3. The lowest BCUT2D eigenvalue weighted by Gasteiger charge is -2.44. The number of hydrogen-bond acceptors (Lipinski definition) is 7. The highest BCUT2D eigenvalue weighted by atomic mass is 16.5. The normalized spacial score (nSPS) is 22.9. The van der Waals surface area contributed by atoms with Gasteiger partial charge in [-0.1, -0.05) is 62.2 Å². The van der Waals surface area contributed by atoms with E-state index in [9.17, 15) is 24.5 Å². The number of carboxylic acids is 1. The van der Waals surface area contributed by atoms with Crippen molar-refractivity contribution in [2.75, 3.05) is 6.54 Å². The van der Waals surface area contributed by atoms with Crippen LogP contribution in [0.2, 0.25) is 6.32 Å². The van der Waals surface area contributed by atoms with Crippen LogP contribution in [0.1, 0.15) is 70.1 Å². The van der Waals surface area contributed by atoms with Crippen molar-refractivity contribution in [3.8, 4) is 5.75 Å². The molecule has 0 radical (unpaired) electrons. The highest BCUT2D eigenvalue weighted by Gasteiger charge is 2.57. The number of phenolic OH excluding ortho intramolecular Hbond substituents is 1. The van der Waals surface area contributed by atoms with Gasteiger partial charge in [-0.2, -0.15) is 0 Å². The summed E-state index contributed by atoms with van der Waals surface area (Å²) in [6.07, 6.45) is 7.08. The molecule has 2 saturated heterocycles. The van der Waals surface area contributed by atoms with Gasteiger partial charge in [0.1, 0.15) is 5.75 Å². The maximum Gasteiger partial charge on any atom is 0.455 e. The quantitative estimate of drug-likeness (QED) is 0.0892. The van der Waals surface area contributed by atoms with E-state index in [1.807, 2.05) is 48.5 Å².